The van der Waals surface area contributed by atoms with Gasteiger partial charge in [0.1, 0.15) is 0 Å². The van der Waals surface area contributed by atoms with Crippen LogP contribution in [0.5, 0.6) is 0 Å². The molecule has 1 aliphatic carbocycles. The van der Waals surface area contributed by atoms with Gasteiger partial charge in [-0.05, 0) is 25.3 Å². The van der Waals surface area contributed by atoms with Crippen molar-refractivity contribution in [3.8, 4) is 0 Å². The summed E-state index contributed by atoms with van der Waals surface area (Å²) in [5, 5.41) is 14.1. The molecule has 1 aromatic heterocycles. The molecule has 0 aliphatic heterocycles. The molecule has 1 aromatic rings. The largest absolute Gasteiger partial charge is 0.407 e. The Hall–Kier alpha value is -1.10. The summed E-state index contributed by atoms with van der Waals surface area (Å²) in [4.78, 5) is 0. The zero-order valence-electron chi connectivity index (χ0n) is 9.99. The van der Waals surface area contributed by atoms with Crippen molar-refractivity contribution >= 4 is 6.01 Å². The molecule has 0 saturated heterocycles. The minimum atomic E-state index is 0.546. The lowest BCUT2D eigenvalue weighted by Gasteiger charge is -2.14. The summed E-state index contributed by atoms with van der Waals surface area (Å²) >= 11 is 0. The first-order valence-electron chi connectivity index (χ1n) is 6.00. The third-order valence-corrected chi connectivity index (χ3v) is 3.35. The van der Waals surface area contributed by atoms with Crippen molar-refractivity contribution in [2.24, 2.45) is 11.8 Å². The highest BCUT2D eigenvalue weighted by Crippen LogP contribution is 2.31. The van der Waals surface area contributed by atoms with Crippen LogP contribution in [0.25, 0.3) is 0 Å². The predicted molar refractivity (Wildman–Crippen MR) is 62.1 cm³/mol. The van der Waals surface area contributed by atoms with Gasteiger partial charge in [-0.3, -0.25) is 0 Å². The summed E-state index contributed by atoms with van der Waals surface area (Å²) in [7, 11) is 1.86. The third-order valence-electron chi connectivity index (χ3n) is 3.35. The summed E-state index contributed by atoms with van der Waals surface area (Å²) in [6.07, 6.45) is 4.01. The van der Waals surface area contributed by atoms with Gasteiger partial charge in [0, 0.05) is 6.54 Å². The van der Waals surface area contributed by atoms with Crippen LogP contribution in [0.2, 0.25) is 0 Å². The Morgan fingerprint density at radius 3 is 2.94 bits per heavy atom. The van der Waals surface area contributed by atoms with Crippen molar-refractivity contribution in [2.75, 3.05) is 18.9 Å². The first kappa shape index (κ1) is 11.4. The Morgan fingerprint density at radius 2 is 2.25 bits per heavy atom. The number of hydrogen-bond donors (Lipinski definition) is 2. The van der Waals surface area contributed by atoms with Gasteiger partial charge in [0.2, 0.25) is 5.89 Å². The lowest BCUT2D eigenvalue weighted by molar-refractivity contribution is 0.429. The van der Waals surface area contributed by atoms with Crippen molar-refractivity contribution in [3.05, 3.63) is 5.89 Å². The van der Waals surface area contributed by atoms with Gasteiger partial charge in [-0.25, -0.2) is 0 Å². The summed E-state index contributed by atoms with van der Waals surface area (Å²) < 4.78 is 5.42. The molecule has 1 aliphatic rings. The number of anilines is 1. The topological polar surface area (TPSA) is 63.0 Å². The molecule has 16 heavy (non-hydrogen) atoms. The van der Waals surface area contributed by atoms with Gasteiger partial charge in [-0.2, -0.15) is 0 Å². The van der Waals surface area contributed by atoms with E-state index in [4.69, 9.17) is 4.42 Å². The molecule has 5 nitrogen and oxygen atoms in total. The molecule has 5 heteroatoms. The smallest absolute Gasteiger partial charge is 0.315 e. The molecule has 0 amide bonds. The third kappa shape index (κ3) is 2.72. The van der Waals surface area contributed by atoms with Crippen LogP contribution in [0.1, 0.15) is 32.1 Å². The van der Waals surface area contributed by atoms with Crippen molar-refractivity contribution < 1.29 is 4.42 Å². The molecule has 1 heterocycles. The van der Waals surface area contributed by atoms with Crippen LogP contribution in [0.15, 0.2) is 4.42 Å². The Morgan fingerprint density at radius 1 is 1.38 bits per heavy atom. The summed E-state index contributed by atoms with van der Waals surface area (Å²) in [6.45, 7) is 3.89. The highest BCUT2D eigenvalue weighted by atomic mass is 16.4. The molecule has 1 saturated carbocycles. The molecule has 0 aromatic carbocycles. The molecule has 0 spiro atoms. The highest BCUT2D eigenvalue weighted by Gasteiger charge is 2.23. The summed E-state index contributed by atoms with van der Waals surface area (Å²) in [6, 6.07) is 0.546. The van der Waals surface area contributed by atoms with E-state index in [-0.39, 0.29) is 0 Å². The maximum atomic E-state index is 5.42. The number of hydrogen-bond acceptors (Lipinski definition) is 5. The molecule has 1 fully saturated rings. The Bertz CT molecular complexity index is 326. The van der Waals surface area contributed by atoms with E-state index < -0.39 is 0 Å². The minimum Gasteiger partial charge on any atom is -0.407 e. The minimum absolute atomic E-state index is 0.546. The van der Waals surface area contributed by atoms with Gasteiger partial charge in [-0.1, -0.05) is 24.9 Å². The quantitative estimate of drug-likeness (QED) is 0.796. The molecular formula is C11H20N4O. The summed E-state index contributed by atoms with van der Waals surface area (Å²) in [5.74, 6) is 2.19. The predicted octanol–water partition coefficient (Wildman–Crippen LogP) is 1.64. The highest BCUT2D eigenvalue weighted by molar-refractivity contribution is 5.17. The van der Waals surface area contributed by atoms with Gasteiger partial charge in [0.05, 0.1) is 6.54 Å². The standard InChI is InChI=1S/C11H20N4O/c1-8-4-3-5-9(8)6-13-11-15-14-10(16-11)7-12-2/h8-9,12H,3-7H2,1-2H3,(H,13,15). The normalized spacial score (nSPS) is 24.9. The SMILES string of the molecule is CNCc1nnc(NCC2CCCC2C)o1. The maximum absolute atomic E-state index is 5.42. The molecule has 2 atom stereocenters. The van der Waals surface area contributed by atoms with Crippen molar-refractivity contribution in [1.29, 1.82) is 0 Å². The van der Waals surface area contributed by atoms with E-state index >= 15 is 0 Å². The van der Waals surface area contributed by atoms with Crippen LogP contribution in [0, 0.1) is 11.8 Å². The maximum Gasteiger partial charge on any atom is 0.315 e. The molecule has 2 N–H and O–H groups in total. The molecule has 0 bridgehead atoms. The number of rotatable bonds is 5. The molecular weight excluding hydrogens is 204 g/mol. The lowest BCUT2D eigenvalue weighted by atomic mass is 9.98. The molecule has 0 radical (unpaired) electrons. The fourth-order valence-corrected chi connectivity index (χ4v) is 2.29. The van der Waals surface area contributed by atoms with E-state index in [1.54, 1.807) is 0 Å². The van der Waals surface area contributed by atoms with Crippen molar-refractivity contribution in [2.45, 2.75) is 32.7 Å². The van der Waals surface area contributed by atoms with Gasteiger partial charge in [0.15, 0.2) is 0 Å². The molecule has 90 valence electrons. The fourth-order valence-electron chi connectivity index (χ4n) is 2.29. The first-order chi connectivity index (χ1) is 7.79. The van der Waals surface area contributed by atoms with Gasteiger partial charge in [0.25, 0.3) is 0 Å². The second-order valence-electron chi connectivity index (χ2n) is 4.58. The Balaban J connectivity index is 1.80. The van der Waals surface area contributed by atoms with Crippen LogP contribution in [-0.4, -0.2) is 23.8 Å². The van der Waals surface area contributed by atoms with E-state index in [1.165, 1.54) is 19.3 Å². The summed E-state index contributed by atoms with van der Waals surface area (Å²) in [5.41, 5.74) is 0. The van der Waals surface area contributed by atoms with Gasteiger partial charge >= 0.3 is 6.01 Å². The number of aromatic nitrogens is 2. The zero-order valence-corrected chi connectivity index (χ0v) is 9.99. The van der Waals surface area contributed by atoms with Crippen LogP contribution in [0.3, 0.4) is 0 Å². The molecule has 2 rings (SSSR count). The van der Waals surface area contributed by atoms with E-state index in [2.05, 4.69) is 27.8 Å². The Labute approximate surface area is 96.0 Å². The fraction of sp³-hybridized carbons (Fsp3) is 0.818. The zero-order chi connectivity index (χ0) is 11.4. The number of nitrogens with one attached hydrogen (secondary N) is 2. The van der Waals surface area contributed by atoms with Crippen LogP contribution >= 0.6 is 0 Å². The van der Waals surface area contributed by atoms with Crippen molar-refractivity contribution in [1.82, 2.24) is 15.5 Å². The second-order valence-corrected chi connectivity index (χ2v) is 4.58. The van der Waals surface area contributed by atoms with E-state index in [0.29, 0.717) is 18.5 Å². The van der Waals surface area contributed by atoms with Crippen LogP contribution < -0.4 is 10.6 Å². The lowest BCUT2D eigenvalue weighted by Crippen LogP contribution is -2.16. The second kappa shape index (κ2) is 5.30. The first-order valence-corrected chi connectivity index (χ1v) is 6.00. The molecule has 2 unspecified atom stereocenters. The van der Waals surface area contributed by atoms with E-state index in [0.717, 1.165) is 18.4 Å². The Kier molecular flexibility index (Phi) is 3.77. The van der Waals surface area contributed by atoms with Gasteiger partial charge in [-0.15, -0.1) is 5.10 Å². The average Bonchev–Trinajstić information content (AvgIpc) is 2.86. The van der Waals surface area contributed by atoms with E-state index in [9.17, 15) is 0 Å². The van der Waals surface area contributed by atoms with E-state index in [1.807, 2.05) is 7.05 Å². The number of nitrogens with zero attached hydrogens (tertiary/aromatic N) is 2. The average molecular weight is 224 g/mol. The van der Waals surface area contributed by atoms with Gasteiger partial charge < -0.3 is 15.1 Å². The monoisotopic (exact) mass is 224 g/mol. The van der Waals surface area contributed by atoms with Crippen LogP contribution in [-0.2, 0) is 6.54 Å². The van der Waals surface area contributed by atoms with Crippen molar-refractivity contribution in [3.63, 3.8) is 0 Å². The van der Waals surface area contributed by atoms with Crippen LogP contribution in [0.4, 0.5) is 6.01 Å².